The van der Waals surface area contributed by atoms with Crippen molar-refractivity contribution < 1.29 is 22.3 Å². The molecule has 0 aromatic heterocycles. The Kier molecular flexibility index (Phi) is 7.89. The zero-order chi connectivity index (χ0) is 19.9. The molecule has 1 saturated carbocycles. The minimum Gasteiger partial charge on any atom is -0.380 e. The lowest BCUT2D eigenvalue weighted by atomic mass is 9.85. The molecule has 0 radical (unpaired) electrons. The molecule has 1 aliphatic rings. The topological polar surface area (TPSA) is 45.7 Å². The highest BCUT2D eigenvalue weighted by molar-refractivity contribution is 5.80. The second-order valence-electron chi connectivity index (χ2n) is 6.79. The zero-order valence-electron chi connectivity index (χ0n) is 15.7. The number of methoxy groups -OCH3 is 1. The van der Waals surface area contributed by atoms with Crippen LogP contribution in [0.15, 0.2) is 23.2 Å². The van der Waals surface area contributed by atoms with Crippen molar-refractivity contribution in [2.24, 2.45) is 10.9 Å². The molecule has 8 heteroatoms. The van der Waals surface area contributed by atoms with E-state index < -0.39 is 12.1 Å². The highest BCUT2D eigenvalue weighted by atomic mass is 19.4. The minimum absolute atomic E-state index is 0.0290. The van der Waals surface area contributed by atoms with Gasteiger partial charge in [-0.1, -0.05) is 6.07 Å². The second-order valence-corrected chi connectivity index (χ2v) is 6.79. The van der Waals surface area contributed by atoms with Crippen molar-refractivity contribution in [3.8, 4) is 0 Å². The SMILES string of the molecule is CCNC(=NCc1ccc(F)c(COC)c1)NC1CCC(C(F)(F)F)CC1. The molecule has 0 aliphatic heterocycles. The number of guanidine groups is 1. The number of ether oxygens (including phenoxy) is 1. The molecule has 4 nitrogen and oxygen atoms in total. The summed E-state index contributed by atoms with van der Waals surface area (Å²) in [5, 5.41) is 6.33. The number of halogens is 4. The Morgan fingerprint density at radius 2 is 1.93 bits per heavy atom. The number of nitrogens with zero attached hydrogens (tertiary/aromatic N) is 1. The van der Waals surface area contributed by atoms with Crippen molar-refractivity contribution in [1.29, 1.82) is 0 Å². The van der Waals surface area contributed by atoms with Gasteiger partial charge < -0.3 is 15.4 Å². The fourth-order valence-electron chi connectivity index (χ4n) is 3.24. The van der Waals surface area contributed by atoms with Crippen LogP contribution in [0.4, 0.5) is 17.6 Å². The molecule has 0 atom stereocenters. The van der Waals surface area contributed by atoms with Crippen LogP contribution in [0.1, 0.15) is 43.7 Å². The Bertz CT molecular complexity index is 626. The molecule has 1 aromatic rings. The lowest BCUT2D eigenvalue weighted by Gasteiger charge is -2.31. The zero-order valence-corrected chi connectivity index (χ0v) is 15.7. The monoisotopic (exact) mass is 389 g/mol. The molecule has 0 heterocycles. The van der Waals surface area contributed by atoms with Crippen LogP contribution in [-0.2, 0) is 17.9 Å². The van der Waals surface area contributed by atoms with E-state index in [1.165, 1.54) is 13.2 Å². The summed E-state index contributed by atoms with van der Waals surface area (Å²) in [6.07, 6.45) is -2.91. The van der Waals surface area contributed by atoms with Gasteiger partial charge in [0.15, 0.2) is 5.96 Å². The smallest absolute Gasteiger partial charge is 0.380 e. The van der Waals surface area contributed by atoms with Crippen LogP contribution in [0.3, 0.4) is 0 Å². The predicted octanol–water partition coefficient (Wildman–Crippen LogP) is 4.15. The summed E-state index contributed by atoms with van der Waals surface area (Å²) in [6.45, 7) is 3.09. The van der Waals surface area contributed by atoms with Gasteiger partial charge in [0.25, 0.3) is 0 Å². The number of hydrogen-bond donors (Lipinski definition) is 2. The van der Waals surface area contributed by atoms with Gasteiger partial charge in [0.05, 0.1) is 19.1 Å². The van der Waals surface area contributed by atoms with E-state index in [-0.39, 0.29) is 31.3 Å². The third-order valence-corrected chi connectivity index (χ3v) is 4.70. The highest BCUT2D eigenvalue weighted by Crippen LogP contribution is 2.37. The lowest BCUT2D eigenvalue weighted by molar-refractivity contribution is -0.182. The molecule has 0 amide bonds. The van der Waals surface area contributed by atoms with Crippen LogP contribution in [0, 0.1) is 11.7 Å². The largest absolute Gasteiger partial charge is 0.391 e. The standard InChI is InChI=1S/C19H27F4N3O/c1-3-24-18(26-16-7-5-15(6-8-16)19(21,22)23)25-11-13-4-9-17(20)14(10-13)12-27-2/h4,9-10,15-16H,3,5-8,11-12H2,1-2H3,(H2,24,25,26). The van der Waals surface area contributed by atoms with Gasteiger partial charge in [0.2, 0.25) is 0 Å². The van der Waals surface area contributed by atoms with Crippen molar-refractivity contribution in [2.75, 3.05) is 13.7 Å². The summed E-state index contributed by atoms with van der Waals surface area (Å²) in [5.74, 6) is -0.963. The predicted molar refractivity (Wildman–Crippen MR) is 96.9 cm³/mol. The van der Waals surface area contributed by atoms with E-state index >= 15 is 0 Å². The van der Waals surface area contributed by atoms with E-state index in [0.29, 0.717) is 37.5 Å². The number of hydrogen-bond acceptors (Lipinski definition) is 2. The van der Waals surface area contributed by atoms with Gasteiger partial charge in [-0.25, -0.2) is 9.38 Å². The lowest BCUT2D eigenvalue weighted by Crippen LogP contribution is -2.45. The van der Waals surface area contributed by atoms with Crippen LogP contribution < -0.4 is 10.6 Å². The average Bonchev–Trinajstić information content (AvgIpc) is 2.62. The maximum Gasteiger partial charge on any atom is 0.391 e. The first-order chi connectivity index (χ1) is 12.8. The van der Waals surface area contributed by atoms with Crippen molar-refractivity contribution in [1.82, 2.24) is 10.6 Å². The molecule has 152 valence electrons. The molecular weight excluding hydrogens is 362 g/mol. The van der Waals surface area contributed by atoms with Crippen molar-refractivity contribution in [3.05, 3.63) is 35.1 Å². The van der Waals surface area contributed by atoms with Crippen molar-refractivity contribution in [2.45, 2.75) is 58.0 Å². The Balaban J connectivity index is 1.96. The molecule has 1 aliphatic carbocycles. The first-order valence-electron chi connectivity index (χ1n) is 9.21. The van der Waals surface area contributed by atoms with Gasteiger partial charge in [-0.15, -0.1) is 0 Å². The Labute approximate surface area is 157 Å². The minimum atomic E-state index is -4.11. The maximum atomic E-state index is 13.7. The molecule has 27 heavy (non-hydrogen) atoms. The molecule has 0 bridgehead atoms. The van der Waals surface area contributed by atoms with Gasteiger partial charge in [-0.05, 0) is 50.3 Å². The third-order valence-electron chi connectivity index (χ3n) is 4.70. The van der Waals surface area contributed by atoms with Gasteiger partial charge >= 0.3 is 6.18 Å². The number of nitrogens with one attached hydrogen (secondary N) is 2. The van der Waals surface area contributed by atoms with E-state index in [1.54, 1.807) is 12.1 Å². The quantitative estimate of drug-likeness (QED) is 0.437. The molecule has 2 rings (SSSR count). The van der Waals surface area contributed by atoms with Gasteiger partial charge in [-0.2, -0.15) is 13.2 Å². The van der Waals surface area contributed by atoms with Crippen LogP contribution in [-0.4, -0.2) is 31.8 Å². The molecular formula is C19H27F4N3O. The second kappa shape index (κ2) is 9.92. The summed E-state index contributed by atoms with van der Waals surface area (Å²) < 4.78 is 57.0. The number of aliphatic imine (C=N–C) groups is 1. The van der Waals surface area contributed by atoms with Crippen molar-refractivity contribution >= 4 is 5.96 Å². The van der Waals surface area contributed by atoms with E-state index in [4.69, 9.17) is 4.74 Å². The van der Waals surface area contributed by atoms with Crippen LogP contribution in [0.5, 0.6) is 0 Å². The summed E-state index contributed by atoms with van der Waals surface area (Å²) in [6, 6.07) is 4.73. The Morgan fingerprint density at radius 3 is 2.52 bits per heavy atom. The van der Waals surface area contributed by atoms with E-state index in [2.05, 4.69) is 15.6 Å². The van der Waals surface area contributed by atoms with Gasteiger partial charge in [0, 0.05) is 25.3 Å². The summed E-state index contributed by atoms with van der Waals surface area (Å²) in [5.41, 5.74) is 1.30. The van der Waals surface area contributed by atoms with Gasteiger partial charge in [0.1, 0.15) is 5.82 Å². The van der Waals surface area contributed by atoms with Crippen LogP contribution >= 0.6 is 0 Å². The summed E-state index contributed by atoms with van der Waals surface area (Å²) >= 11 is 0. The van der Waals surface area contributed by atoms with Crippen molar-refractivity contribution in [3.63, 3.8) is 0 Å². The molecule has 0 saturated heterocycles. The number of rotatable bonds is 6. The van der Waals surface area contributed by atoms with E-state index in [1.807, 2.05) is 6.92 Å². The van der Waals surface area contributed by atoms with Crippen LogP contribution in [0.2, 0.25) is 0 Å². The Morgan fingerprint density at radius 1 is 1.22 bits per heavy atom. The maximum absolute atomic E-state index is 13.7. The molecule has 1 aromatic carbocycles. The van der Waals surface area contributed by atoms with Crippen LogP contribution in [0.25, 0.3) is 0 Å². The fraction of sp³-hybridized carbons (Fsp3) is 0.632. The molecule has 1 fully saturated rings. The molecule has 0 unspecified atom stereocenters. The normalized spacial score (nSPS) is 21.2. The van der Waals surface area contributed by atoms with Gasteiger partial charge in [-0.3, -0.25) is 0 Å². The first-order valence-corrected chi connectivity index (χ1v) is 9.21. The number of alkyl halides is 3. The van der Waals surface area contributed by atoms with E-state index in [9.17, 15) is 17.6 Å². The summed E-state index contributed by atoms with van der Waals surface area (Å²) in [7, 11) is 1.50. The first kappa shape index (κ1) is 21.5. The molecule has 0 spiro atoms. The average molecular weight is 389 g/mol. The highest BCUT2D eigenvalue weighted by Gasteiger charge is 2.41. The number of benzene rings is 1. The fourth-order valence-corrected chi connectivity index (χ4v) is 3.24. The Hall–Kier alpha value is -1.83. The molecule has 2 N–H and O–H groups in total. The third kappa shape index (κ3) is 6.68. The van der Waals surface area contributed by atoms with E-state index in [0.717, 1.165) is 5.56 Å². The summed E-state index contributed by atoms with van der Waals surface area (Å²) in [4.78, 5) is 4.49.